The molecule has 1 aromatic heterocycles. The first-order chi connectivity index (χ1) is 11.1. The van der Waals surface area contributed by atoms with Crippen molar-refractivity contribution in [1.82, 2.24) is 9.97 Å². The lowest BCUT2D eigenvalue weighted by molar-refractivity contribution is -0.385. The molecule has 23 heavy (non-hydrogen) atoms. The molecule has 1 heterocycles. The van der Waals surface area contributed by atoms with Crippen molar-refractivity contribution in [2.45, 2.75) is 6.92 Å². The van der Waals surface area contributed by atoms with Crippen molar-refractivity contribution in [2.24, 2.45) is 0 Å². The summed E-state index contributed by atoms with van der Waals surface area (Å²) in [5, 5.41) is 14.0. The minimum Gasteiger partial charge on any atom is -0.473 e. The molecule has 0 atom stereocenters. The average Bonchev–Trinajstić information content (AvgIpc) is 2.55. The fourth-order valence-corrected chi connectivity index (χ4v) is 1.81. The van der Waals surface area contributed by atoms with Gasteiger partial charge in [0.05, 0.1) is 24.2 Å². The highest BCUT2D eigenvalue weighted by Gasteiger charge is 2.24. The second kappa shape index (κ2) is 7.16. The van der Waals surface area contributed by atoms with E-state index in [1.807, 2.05) is 0 Å². The van der Waals surface area contributed by atoms with Gasteiger partial charge < -0.3 is 14.8 Å². The van der Waals surface area contributed by atoms with Crippen LogP contribution in [0.15, 0.2) is 30.6 Å². The minimum atomic E-state index is -0.615. The normalized spacial score (nSPS) is 10.0. The summed E-state index contributed by atoms with van der Waals surface area (Å²) in [6.07, 6.45) is 1.17. The van der Waals surface area contributed by atoms with Gasteiger partial charge in [-0.2, -0.15) is 4.98 Å². The summed E-state index contributed by atoms with van der Waals surface area (Å²) in [4.78, 5) is 29.6. The van der Waals surface area contributed by atoms with E-state index in [2.05, 4.69) is 20.0 Å². The van der Waals surface area contributed by atoms with Gasteiger partial charge >= 0.3 is 11.7 Å². The number of hydrogen-bond donors (Lipinski definition) is 1. The number of carbonyl (C=O) groups is 1. The fourth-order valence-electron chi connectivity index (χ4n) is 1.81. The molecule has 2 rings (SSSR count). The zero-order valence-electron chi connectivity index (χ0n) is 12.5. The van der Waals surface area contributed by atoms with Crippen LogP contribution >= 0.6 is 0 Å². The summed E-state index contributed by atoms with van der Waals surface area (Å²) in [5.41, 5.74) is 0.526. The van der Waals surface area contributed by atoms with E-state index in [1.54, 1.807) is 19.1 Å². The molecule has 0 bridgehead atoms. The molecule has 0 aliphatic carbocycles. The molecule has 120 valence electrons. The van der Waals surface area contributed by atoms with Crippen LogP contribution in [0.4, 0.5) is 17.2 Å². The van der Waals surface area contributed by atoms with Gasteiger partial charge in [-0.1, -0.05) is 0 Å². The van der Waals surface area contributed by atoms with E-state index in [-0.39, 0.29) is 24.0 Å². The highest BCUT2D eigenvalue weighted by Crippen LogP contribution is 2.32. The van der Waals surface area contributed by atoms with Crippen LogP contribution in [-0.2, 0) is 4.74 Å². The maximum atomic E-state index is 11.4. The number of nitro groups is 1. The molecule has 0 fully saturated rings. The lowest BCUT2D eigenvalue weighted by Crippen LogP contribution is -2.05. The lowest BCUT2D eigenvalue weighted by atomic mass is 10.2. The topological polar surface area (TPSA) is 116 Å². The Morgan fingerprint density at radius 2 is 2.00 bits per heavy atom. The number of rotatable bonds is 6. The fraction of sp³-hybridized carbons (Fsp3) is 0.214. The number of anilines is 2. The third kappa shape index (κ3) is 3.70. The lowest BCUT2D eigenvalue weighted by Gasteiger charge is -2.09. The van der Waals surface area contributed by atoms with E-state index < -0.39 is 10.9 Å². The molecule has 0 spiro atoms. The number of hydrogen-bond acceptors (Lipinski definition) is 8. The first-order valence-corrected chi connectivity index (χ1v) is 6.64. The van der Waals surface area contributed by atoms with Crippen LogP contribution in [0, 0.1) is 10.1 Å². The van der Waals surface area contributed by atoms with Gasteiger partial charge in [-0.25, -0.2) is 9.78 Å². The molecule has 2 aromatic rings. The monoisotopic (exact) mass is 318 g/mol. The Hall–Kier alpha value is -3.23. The summed E-state index contributed by atoms with van der Waals surface area (Å²) in [5.74, 6) is -0.580. The predicted molar refractivity (Wildman–Crippen MR) is 80.9 cm³/mol. The maximum Gasteiger partial charge on any atom is 0.373 e. The highest BCUT2D eigenvalue weighted by atomic mass is 16.6. The van der Waals surface area contributed by atoms with Crippen molar-refractivity contribution in [3.05, 3.63) is 46.3 Å². The number of ether oxygens (including phenoxy) is 2. The van der Waals surface area contributed by atoms with Gasteiger partial charge in [0.15, 0.2) is 0 Å². The third-order valence-electron chi connectivity index (χ3n) is 2.82. The van der Waals surface area contributed by atoms with E-state index >= 15 is 0 Å². The Morgan fingerprint density at radius 1 is 1.30 bits per heavy atom. The van der Waals surface area contributed by atoms with E-state index in [9.17, 15) is 14.9 Å². The first kappa shape index (κ1) is 16.1. The molecule has 0 radical (unpaired) electrons. The molecule has 0 saturated heterocycles. The van der Waals surface area contributed by atoms with E-state index in [0.717, 1.165) is 0 Å². The Kier molecular flexibility index (Phi) is 5.03. The van der Waals surface area contributed by atoms with Gasteiger partial charge in [0.1, 0.15) is 6.33 Å². The Bertz CT molecular complexity index is 718. The molecule has 0 amide bonds. The second-order valence-corrected chi connectivity index (χ2v) is 4.26. The van der Waals surface area contributed by atoms with Crippen molar-refractivity contribution < 1.29 is 19.2 Å². The molecule has 9 nitrogen and oxygen atoms in total. The van der Waals surface area contributed by atoms with Crippen LogP contribution in [-0.4, -0.2) is 34.6 Å². The van der Waals surface area contributed by atoms with Gasteiger partial charge in [-0.3, -0.25) is 10.1 Å². The smallest absolute Gasteiger partial charge is 0.373 e. The summed E-state index contributed by atoms with van der Waals surface area (Å²) in [6.45, 7) is 1.94. The average molecular weight is 318 g/mol. The van der Waals surface area contributed by atoms with Crippen LogP contribution in [0.25, 0.3) is 0 Å². The van der Waals surface area contributed by atoms with Gasteiger partial charge in [-0.05, 0) is 31.2 Å². The molecule has 9 heteroatoms. The van der Waals surface area contributed by atoms with Crippen LogP contribution in [0.5, 0.6) is 5.88 Å². The van der Waals surface area contributed by atoms with Crippen LogP contribution in [0.1, 0.15) is 17.3 Å². The number of carbonyl (C=O) groups excluding carboxylic acids is 1. The predicted octanol–water partition coefficient (Wildman–Crippen LogP) is 2.31. The number of methoxy groups -OCH3 is 1. The summed E-state index contributed by atoms with van der Waals surface area (Å²) >= 11 is 0. The Balaban J connectivity index is 2.31. The minimum absolute atomic E-state index is 0.000678. The van der Waals surface area contributed by atoms with Gasteiger partial charge in [0.2, 0.25) is 5.82 Å². The second-order valence-electron chi connectivity index (χ2n) is 4.26. The Labute approximate surface area is 131 Å². The molecule has 1 aromatic carbocycles. The number of benzene rings is 1. The molecule has 0 aliphatic rings. The van der Waals surface area contributed by atoms with Gasteiger partial charge in [0.25, 0.3) is 5.88 Å². The molecular formula is C14H14N4O5. The van der Waals surface area contributed by atoms with Crippen LogP contribution in [0.2, 0.25) is 0 Å². The molecular weight excluding hydrogens is 304 g/mol. The molecule has 0 aliphatic heterocycles. The first-order valence-electron chi connectivity index (χ1n) is 6.64. The van der Waals surface area contributed by atoms with Gasteiger partial charge in [0, 0.05) is 5.69 Å². The standard InChI is InChI=1S/C14H14N4O5/c1-3-23-13-11(18(20)21)12(15-8-16-13)17-10-6-4-9(5-7-10)14(19)22-2/h4-8H,3H2,1-2H3,(H,15,16,17). The quantitative estimate of drug-likeness (QED) is 0.490. The molecule has 0 saturated carbocycles. The maximum absolute atomic E-state index is 11.4. The Morgan fingerprint density at radius 3 is 2.57 bits per heavy atom. The van der Waals surface area contributed by atoms with Gasteiger partial charge in [-0.15, -0.1) is 0 Å². The van der Waals surface area contributed by atoms with Crippen molar-refractivity contribution in [1.29, 1.82) is 0 Å². The van der Waals surface area contributed by atoms with Crippen molar-refractivity contribution in [3.8, 4) is 5.88 Å². The largest absolute Gasteiger partial charge is 0.473 e. The number of esters is 1. The summed E-state index contributed by atoms with van der Waals surface area (Å²) in [6, 6.07) is 6.23. The SMILES string of the molecule is CCOc1ncnc(Nc2ccc(C(=O)OC)cc2)c1[N+](=O)[O-]. The zero-order valence-corrected chi connectivity index (χ0v) is 12.5. The van der Waals surface area contributed by atoms with E-state index in [0.29, 0.717) is 11.3 Å². The highest BCUT2D eigenvalue weighted by molar-refractivity contribution is 5.89. The molecule has 1 N–H and O–H groups in total. The van der Waals surface area contributed by atoms with Crippen LogP contribution < -0.4 is 10.1 Å². The molecule has 0 unspecified atom stereocenters. The van der Waals surface area contributed by atoms with E-state index in [1.165, 1.54) is 25.6 Å². The summed E-state index contributed by atoms with van der Waals surface area (Å²) < 4.78 is 9.75. The number of nitrogens with zero attached hydrogens (tertiary/aromatic N) is 3. The van der Waals surface area contributed by atoms with Crippen molar-refractivity contribution >= 4 is 23.2 Å². The zero-order chi connectivity index (χ0) is 16.8. The summed E-state index contributed by atoms with van der Waals surface area (Å²) in [7, 11) is 1.29. The third-order valence-corrected chi connectivity index (χ3v) is 2.82. The number of nitrogens with one attached hydrogen (secondary N) is 1. The van der Waals surface area contributed by atoms with Crippen molar-refractivity contribution in [3.63, 3.8) is 0 Å². The van der Waals surface area contributed by atoms with Crippen LogP contribution in [0.3, 0.4) is 0 Å². The van der Waals surface area contributed by atoms with E-state index in [4.69, 9.17) is 4.74 Å². The van der Waals surface area contributed by atoms with Crippen molar-refractivity contribution in [2.75, 3.05) is 19.0 Å². The number of aromatic nitrogens is 2.